The molecular formula is C11H12N2O. The normalized spacial score (nSPS) is 10.1. The first-order valence-corrected chi connectivity index (χ1v) is 4.50. The third-order valence-electron chi connectivity index (χ3n) is 2.05. The van der Waals surface area contributed by atoms with Crippen LogP contribution in [0.4, 0.5) is 5.88 Å². The summed E-state index contributed by atoms with van der Waals surface area (Å²) in [5.41, 5.74) is 1.22. The Balaban J connectivity index is 2.06. The van der Waals surface area contributed by atoms with Crippen LogP contribution in [0.25, 0.3) is 0 Å². The van der Waals surface area contributed by atoms with Gasteiger partial charge >= 0.3 is 0 Å². The van der Waals surface area contributed by atoms with Crippen LogP contribution in [0.3, 0.4) is 0 Å². The van der Waals surface area contributed by atoms with E-state index in [2.05, 4.69) is 9.88 Å². The quantitative estimate of drug-likeness (QED) is 0.740. The van der Waals surface area contributed by atoms with Gasteiger partial charge in [-0.15, -0.1) is 0 Å². The maximum atomic E-state index is 5.28. The molecule has 0 bridgehead atoms. The maximum absolute atomic E-state index is 5.28. The molecule has 0 aromatic carbocycles. The molecule has 2 heterocycles. The average molecular weight is 188 g/mol. The van der Waals surface area contributed by atoms with Crippen molar-refractivity contribution in [2.75, 3.05) is 11.9 Å². The molecule has 2 aromatic rings. The second kappa shape index (κ2) is 3.96. The fourth-order valence-electron chi connectivity index (χ4n) is 1.33. The highest BCUT2D eigenvalue weighted by Gasteiger charge is 2.03. The van der Waals surface area contributed by atoms with Gasteiger partial charge in [0.2, 0.25) is 0 Å². The average Bonchev–Trinajstić information content (AvgIpc) is 2.72. The van der Waals surface area contributed by atoms with Gasteiger partial charge in [0.15, 0.2) is 5.88 Å². The van der Waals surface area contributed by atoms with Gasteiger partial charge in [-0.05, 0) is 23.8 Å². The minimum Gasteiger partial charge on any atom is -0.449 e. The Morgan fingerprint density at radius 3 is 2.71 bits per heavy atom. The summed E-state index contributed by atoms with van der Waals surface area (Å²) in [4.78, 5) is 6.02. The van der Waals surface area contributed by atoms with Gasteiger partial charge in [0, 0.05) is 32.1 Å². The van der Waals surface area contributed by atoms with E-state index in [0.717, 1.165) is 12.4 Å². The molecule has 72 valence electrons. The molecular weight excluding hydrogens is 176 g/mol. The van der Waals surface area contributed by atoms with E-state index < -0.39 is 0 Å². The minimum atomic E-state index is 0.829. The van der Waals surface area contributed by atoms with Crippen LogP contribution in [-0.4, -0.2) is 12.0 Å². The molecule has 0 N–H and O–H groups in total. The van der Waals surface area contributed by atoms with Gasteiger partial charge in [0.25, 0.3) is 0 Å². The monoisotopic (exact) mass is 188 g/mol. The molecule has 0 fully saturated rings. The van der Waals surface area contributed by atoms with E-state index in [4.69, 9.17) is 4.42 Å². The third kappa shape index (κ3) is 1.93. The first-order chi connectivity index (χ1) is 6.86. The van der Waals surface area contributed by atoms with Gasteiger partial charge in [0.05, 0.1) is 6.26 Å². The lowest BCUT2D eigenvalue weighted by Crippen LogP contribution is -2.15. The number of hydrogen-bond acceptors (Lipinski definition) is 3. The standard InChI is InChI=1S/C11H12N2O/c1-13(11-3-2-8-14-11)9-10-4-6-12-7-5-10/h2-8H,9H2,1H3. The fourth-order valence-corrected chi connectivity index (χ4v) is 1.33. The molecule has 0 saturated heterocycles. The largest absolute Gasteiger partial charge is 0.449 e. The van der Waals surface area contributed by atoms with Crippen molar-refractivity contribution in [1.29, 1.82) is 0 Å². The third-order valence-corrected chi connectivity index (χ3v) is 2.05. The molecule has 0 spiro atoms. The number of aromatic nitrogens is 1. The minimum absolute atomic E-state index is 0.829. The molecule has 3 heteroatoms. The number of hydrogen-bond donors (Lipinski definition) is 0. The molecule has 0 aliphatic carbocycles. The lowest BCUT2D eigenvalue weighted by Gasteiger charge is -2.15. The van der Waals surface area contributed by atoms with Crippen LogP contribution in [0.5, 0.6) is 0 Å². The summed E-state index contributed by atoms with van der Waals surface area (Å²) in [6.07, 6.45) is 5.27. The predicted molar refractivity (Wildman–Crippen MR) is 55.1 cm³/mol. The summed E-state index contributed by atoms with van der Waals surface area (Å²) in [7, 11) is 2.00. The Morgan fingerprint density at radius 2 is 2.07 bits per heavy atom. The van der Waals surface area contributed by atoms with E-state index in [1.54, 1.807) is 18.7 Å². The molecule has 0 atom stereocenters. The number of furan rings is 1. The number of pyridine rings is 1. The summed E-state index contributed by atoms with van der Waals surface area (Å²) in [6, 6.07) is 7.83. The van der Waals surface area contributed by atoms with Crippen molar-refractivity contribution in [2.45, 2.75) is 6.54 Å². The van der Waals surface area contributed by atoms with Gasteiger partial charge in [0.1, 0.15) is 0 Å². The Hall–Kier alpha value is -1.77. The zero-order valence-corrected chi connectivity index (χ0v) is 8.05. The molecule has 0 radical (unpaired) electrons. The van der Waals surface area contributed by atoms with Gasteiger partial charge < -0.3 is 9.32 Å². The Kier molecular flexibility index (Phi) is 2.49. The maximum Gasteiger partial charge on any atom is 0.195 e. The second-order valence-electron chi connectivity index (χ2n) is 3.16. The van der Waals surface area contributed by atoms with E-state index in [1.165, 1.54) is 5.56 Å². The van der Waals surface area contributed by atoms with Crippen LogP contribution in [0.2, 0.25) is 0 Å². The Bertz CT molecular complexity index is 369. The van der Waals surface area contributed by atoms with E-state index in [1.807, 2.05) is 31.3 Å². The van der Waals surface area contributed by atoms with E-state index in [0.29, 0.717) is 0 Å². The van der Waals surface area contributed by atoms with Crippen LogP contribution in [0.15, 0.2) is 47.3 Å². The molecule has 2 rings (SSSR count). The lowest BCUT2D eigenvalue weighted by atomic mass is 10.2. The van der Waals surface area contributed by atoms with Gasteiger partial charge in [-0.25, -0.2) is 0 Å². The van der Waals surface area contributed by atoms with Crippen molar-refractivity contribution in [3.8, 4) is 0 Å². The Labute approximate surface area is 83.0 Å². The zero-order valence-electron chi connectivity index (χ0n) is 8.05. The molecule has 0 unspecified atom stereocenters. The van der Waals surface area contributed by atoms with E-state index >= 15 is 0 Å². The highest BCUT2D eigenvalue weighted by Crippen LogP contribution is 2.14. The summed E-state index contributed by atoms with van der Waals surface area (Å²) in [5.74, 6) is 0.877. The van der Waals surface area contributed by atoms with Crippen molar-refractivity contribution in [3.05, 3.63) is 48.5 Å². The van der Waals surface area contributed by atoms with E-state index in [9.17, 15) is 0 Å². The van der Waals surface area contributed by atoms with Crippen LogP contribution in [0, 0.1) is 0 Å². The van der Waals surface area contributed by atoms with Gasteiger partial charge in [-0.3, -0.25) is 4.98 Å². The van der Waals surface area contributed by atoms with Crippen molar-refractivity contribution in [1.82, 2.24) is 4.98 Å². The summed E-state index contributed by atoms with van der Waals surface area (Å²) in [5, 5.41) is 0. The molecule has 0 aliphatic heterocycles. The van der Waals surface area contributed by atoms with Crippen molar-refractivity contribution < 1.29 is 4.42 Å². The first-order valence-electron chi connectivity index (χ1n) is 4.50. The van der Waals surface area contributed by atoms with E-state index in [-0.39, 0.29) is 0 Å². The van der Waals surface area contributed by atoms with Gasteiger partial charge in [-0.1, -0.05) is 0 Å². The molecule has 2 aromatic heterocycles. The molecule has 0 saturated carbocycles. The lowest BCUT2D eigenvalue weighted by molar-refractivity contribution is 0.554. The number of anilines is 1. The summed E-state index contributed by atoms with van der Waals surface area (Å²) in [6.45, 7) is 0.829. The summed E-state index contributed by atoms with van der Waals surface area (Å²) < 4.78 is 5.28. The SMILES string of the molecule is CN(Cc1ccncc1)c1ccco1. The first kappa shape index (κ1) is 8.81. The van der Waals surface area contributed by atoms with Crippen LogP contribution in [-0.2, 0) is 6.54 Å². The Morgan fingerprint density at radius 1 is 1.29 bits per heavy atom. The number of rotatable bonds is 3. The predicted octanol–water partition coefficient (Wildman–Crippen LogP) is 2.31. The fraction of sp³-hybridized carbons (Fsp3) is 0.182. The highest BCUT2D eigenvalue weighted by molar-refractivity contribution is 5.34. The van der Waals surface area contributed by atoms with Crippen molar-refractivity contribution >= 4 is 5.88 Å². The summed E-state index contributed by atoms with van der Waals surface area (Å²) >= 11 is 0. The highest BCUT2D eigenvalue weighted by atomic mass is 16.3. The smallest absolute Gasteiger partial charge is 0.195 e. The molecule has 14 heavy (non-hydrogen) atoms. The molecule has 0 amide bonds. The van der Waals surface area contributed by atoms with Crippen molar-refractivity contribution in [2.24, 2.45) is 0 Å². The van der Waals surface area contributed by atoms with Crippen molar-refractivity contribution in [3.63, 3.8) is 0 Å². The van der Waals surface area contributed by atoms with Crippen LogP contribution >= 0.6 is 0 Å². The molecule has 0 aliphatic rings. The second-order valence-corrected chi connectivity index (χ2v) is 3.16. The topological polar surface area (TPSA) is 29.3 Å². The van der Waals surface area contributed by atoms with Gasteiger partial charge in [-0.2, -0.15) is 0 Å². The van der Waals surface area contributed by atoms with Crippen LogP contribution < -0.4 is 4.90 Å². The van der Waals surface area contributed by atoms with Crippen LogP contribution in [0.1, 0.15) is 5.56 Å². The molecule has 3 nitrogen and oxygen atoms in total. The number of nitrogens with zero attached hydrogens (tertiary/aromatic N) is 2. The zero-order chi connectivity index (χ0) is 9.80.